The summed E-state index contributed by atoms with van der Waals surface area (Å²) in [5.41, 5.74) is 0.887. The minimum Gasteiger partial charge on any atom is -0.497 e. The number of nitrogens with zero attached hydrogens (tertiary/aromatic N) is 1. The molecule has 3 unspecified atom stereocenters. The standard InChI is InChI=1S/C26H29NO4/c1-30-22-16-21(17-23(18-22)31-2)26(29,20-12-7-4-8-13-20)24-14-9-15-27(24)25(28)19-10-5-3-6-11-19/h3-8,10-13,16-18,24-25,28-29H,9,14-15H2,1-2H3. The second kappa shape index (κ2) is 9.10. The molecule has 0 saturated carbocycles. The first-order chi connectivity index (χ1) is 15.1. The minimum atomic E-state index is -1.37. The first-order valence-corrected chi connectivity index (χ1v) is 10.6. The number of rotatable bonds is 7. The molecule has 1 aliphatic rings. The number of hydrogen-bond acceptors (Lipinski definition) is 5. The average molecular weight is 420 g/mol. The Morgan fingerprint density at radius 1 is 0.871 bits per heavy atom. The highest BCUT2D eigenvalue weighted by Crippen LogP contribution is 2.44. The predicted octanol–water partition coefficient (Wildman–Crippen LogP) is 4.10. The van der Waals surface area contributed by atoms with Gasteiger partial charge in [0.15, 0.2) is 0 Å². The molecule has 0 bridgehead atoms. The average Bonchev–Trinajstić information content (AvgIpc) is 3.34. The van der Waals surface area contributed by atoms with Crippen LogP contribution in [0.3, 0.4) is 0 Å². The molecule has 3 atom stereocenters. The molecule has 0 radical (unpaired) electrons. The largest absolute Gasteiger partial charge is 0.497 e. The molecule has 4 rings (SSSR count). The smallest absolute Gasteiger partial charge is 0.133 e. The molecule has 3 aromatic rings. The van der Waals surface area contributed by atoms with Gasteiger partial charge in [0.2, 0.25) is 0 Å². The van der Waals surface area contributed by atoms with Gasteiger partial charge in [0.25, 0.3) is 0 Å². The molecule has 1 saturated heterocycles. The summed E-state index contributed by atoms with van der Waals surface area (Å²) in [6, 6.07) is 24.4. The van der Waals surface area contributed by atoms with Crippen LogP contribution in [0.2, 0.25) is 0 Å². The highest BCUT2D eigenvalue weighted by molar-refractivity contribution is 5.47. The van der Waals surface area contributed by atoms with Gasteiger partial charge in [-0.15, -0.1) is 0 Å². The summed E-state index contributed by atoms with van der Waals surface area (Å²) < 4.78 is 11.0. The van der Waals surface area contributed by atoms with Gasteiger partial charge in [0, 0.05) is 18.7 Å². The molecule has 3 aromatic carbocycles. The molecule has 2 N–H and O–H groups in total. The molecule has 1 heterocycles. The van der Waals surface area contributed by atoms with Crippen LogP contribution < -0.4 is 9.47 Å². The number of ether oxygens (including phenoxy) is 2. The second-order valence-corrected chi connectivity index (χ2v) is 7.91. The molecule has 31 heavy (non-hydrogen) atoms. The Bertz CT molecular complexity index is 973. The van der Waals surface area contributed by atoms with Crippen molar-refractivity contribution >= 4 is 0 Å². The van der Waals surface area contributed by atoms with Crippen molar-refractivity contribution in [3.8, 4) is 11.5 Å². The Hall–Kier alpha value is -2.86. The lowest BCUT2D eigenvalue weighted by atomic mass is 9.78. The normalized spacial score (nSPS) is 19.5. The Balaban J connectivity index is 1.84. The molecule has 1 aliphatic heterocycles. The van der Waals surface area contributed by atoms with Crippen LogP contribution >= 0.6 is 0 Å². The predicted molar refractivity (Wildman–Crippen MR) is 120 cm³/mol. The lowest BCUT2D eigenvalue weighted by molar-refractivity contribution is -0.0772. The van der Waals surface area contributed by atoms with Crippen molar-refractivity contribution in [2.75, 3.05) is 20.8 Å². The van der Waals surface area contributed by atoms with Crippen LogP contribution in [0.25, 0.3) is 0 Å². The van der Waals surface area contributed by atoms with E-state index in [9.17, 15) is 10.2 Å². The van der Waals surface area contributed by atoms with Gasteiger partial charge in [0.1, 0.15) is 23.3 Å². The maximum absolute atomic E-state index is 12.4. The molecule has 0 aliphatic carbocycles. The third kappa shape index (κ3) is 4.04. The molecule has 0 spiro atoms. The van der Waals surface area contributed by atoms with Crippen LogP contribution in [0.5, 0.6) is 11.5 Å². The Labute approximate surface area is 183 Å². The van der Waals surface area contributed by atoms with Crippen molar-refractivity contribution in [2.24, 2.45) is 0 Å². The Kier molecular flexibility index (Phi) is 6.28. The molecule has 5 heteroatoms. The third-order valence-electron chi connectivity index (χ3n) is 6.19. The summed E-state index contributed by atoms with van der Waals surface area (Å²) >= 11 is 0. The van der Waals surface area contributed by atoms with E-state index in [2.05, 4.69) is 0 Å². The summed E-state index contributed by atoms with van der Waals surface area (Å²) in [5.74, 6) is 1.22. The number of aliphatic hydroxyl groups is 2. The highest BCUT2D eigenvalue weighted by atomic mass is 16.5. The zero-order chi connectivity index (χ0) is 21.8. The van der Waals surface area contributed by atoms with Crippen molar-refractivity contribution in [1.29, 1.82) is 0 Å². The topological polar surface area (TPSA) is 62.2 Å². The van der Waals surface area contributed by atoms with Gasteiger partial charge in [-0.2, -0.15) is 0 Å². The molecular formula is C26H29NO4. The molecule has 0 amide bonds. The van der Waals surface area contributed by atoms with Crippen molar-refractivity contribution in [2.45, 2.75) is 30.7 Å². The fourth-order valence-corrected chi connectivity index (χ4v) is 4.62. The van der Waals surface area contributed by atoms with Crippen LogP contribution in [0, 0.1) is 0 Å². The van der Waals surface area contributed by atoms with Gasteiger partial charge in [-0.3, -0.25) is 4.90 Å². The van der Waals surface area contributed by atoms with E-state index in [1.165, 1.54) is 0 Å². The van der Waals surface area contributed by atoms with Crippen molar-refractivity contribution in [1.82, 2.24) is 4.90 Å². The number of hydrogen-bond donors (Lipinski definition) is 2. The fourth-order valence-electron chi connectivity index (χ4n) is 4.62. The van der Waals surface area contributed by atoms with Gasteiger partial charge in [-0.1, -0.05) is 60.7 Å². The SMILES string of the molecule is COc1cc(OC)cc(C(O)(c2ccccc2)C2CCCN2C(O)c2ccccc2)c1. The van der Waals surface area contributed by atoms with Crippen LogP contribution in [0.15, 0.2) is 78.9 Å². The van der Waals surface area contributed by atoms with Gasteiger partial charge in [-0.25, -0.2) is 0 Å². The highest BCUT2D eigenvalue weighted by Gasteiger charge is 2.47. The van der Waals surface area contributed by atoms with Crippen molar-refractivity contribution in [3.63, 3.8) is 0 Å². The van der Waals surface area contributed by atoms with Gasteiger partial charge < -0.3 is 19.7 Å². The van der Waals surface area contributed by atoms with E-state index >= 15 is 0 Å². The van der Waals surface area contributed by atoms with Crippen LogP contribution in [-0.2, 0) is 5.60 Å². The summed E-state index contributed by atoms with van der Waals surface area (Å²) in [6.07, 6.45) is 0.816. The number of likely N-dealkylation sites (tertiary alicyclic amines) is 1. The maximum atomic E-state index is 12.4. The van der Waals surface area contributed by atoms with Gasteiger partial charge in [0.05, 0.1) is 14.2 Å². The van der Waals surface area contributed by atoms with E-state index in [1.54, 1.807) is 20.3 Å². The van der Waals surface area contributed by atoms with E-state index in [4.69, 9.17) is 9.47 Å². The zero-order valence-corrected chi connectivity index (χ0v) is 17.9. The maximum Gasteiger partial charge on any atom is 0.133 e. The third-order valence-corrected chi connectivity index (χ3v) is 6.19. The number of benzene rings is 3. The minimum absolute atomic E-state index is 0.332. The Morgan fingerprint density at radius 3 is 2.03 bits per heavy atom. The summed E-state index contributed by atoms with van der Waals surface area (Å²) in [5, 5.41) is 23.6. The molecule has 0 aromatic heterocycles. The van der Waals surface area contributed by atoms with E-state index in [0.29, 0.717) is 23.6 Å². The van der Waals surface area contributed by atoms with E-state index < -0.39 is 11.8 Å². The lowest BCUT2D eigenvalue weighted by Gasteiger charge is -2.42. The molecule has 1 fully saturated rings. The van der Waals surface area contributed by atoms with E-state index in [0.717, 1.165) is 24.0 Å². The molecule has 162 valence electrons. The van der Waals surface area contributed by atoms with Crippen LogP contribution in [0.1, 0.15) is 35.8 Å². The van der Waals surface area contributed by atoms with Crippen LogP contribution in [-0.4, -0.2) is 41.9 Å². The van der Waals surface area contributed by atoms with E-state index in [1.807, 2.05) is 77.7 Å². The zero-order valence-electron chi connectivity index (χ0n) is 17.9. The molecular weight excluding hydrogens is 390 g/mol. The van der Waals surface area contributed by atoms with Crippen molar-refractivity contribution in [3.05, 3.63) is 95.6 Å². The quantitative estimate of drug-likeness (QED) is 0.604. The van der Waals surface area contributed by atoms with Crippen LogP contribution in [0.4, 0.5) is 0 Å². The Morgan fingerprint density at radius 2 is 1.45 bits per heavy atom. The monoisotopic (exact) mass is 419 g/mol. The summed E-state index contributed by atoms with van der Waals surface area (Å²) in [6.45, 7) is 0.691. The summed E-state index contributed by atoms with van der Waals surface area (Å²) in [7, 11) is 3.20. The first-order valence-electron chi connectivity index (χ1n) is 10.6. The molecule has 5 nitrogen and oxygen atoms in total. The van der Waals surface area contributed by atoms with Gasteiger partial charge in [-0.05, 0) is 41.7 Å². The fraction of sp³-hybridized carbons (Fsp3) is 0.308. The van der Waals surface area contributed by atoms with E-state index in [-0.39, 0.29) is 6.04 Å². The number of methoxy groups -OCH3 is 2. The van der Waals surface area contributed by atoms with Crippen molar-refractivity contribution < 1.29 is 19.7 Å². The van der Waals surface area contributed by atoms with Gasteiger partial charge >= 0.3 is 0 Å². The summed E-state index contributed by atoms with van der Waals surface area (Å²) in [4.78, 5) is 1.99. The first kappa shape index (κ1) is 21.4. The number of aliphatic hydroxyl groups excluding tert-OH is 1. The lowest BCUT2D eigenvalue weighted by Crippen LogP contribution is -2.49. The second-order valence-electron chi connectivity index (χ2n) is 7.91.